The Balaban J connectivity index is 1.88. The summed E-state index contributed by atoms with van der Waals surface area (Å²) in [6, 6.07) is 13.2. The fourth-order valence-corrected chi connectivity index (χ4v) is 4.40. The van der Waals surface area contributed by atoms with Crippen molar-refractivity contribution in [1.29, 1.82) is 0 Å². The Morgan fingerprint density at radius 3 is 2.50 bits per heavy atom. The van der Waals surface area contributed by atoms with E-state index in [4.69, 9.17) is 23.4 Å². The van der Waals surface area contributed by atoms with Gasteiger partial charge in [-0.05, 0) is 44.5 Å². The van der Waals surface area contributed by atoms with Crippen LogP contribution in [0.3, 0.4) is 0 Å². The number of esters is 1. The number of rotatable bonds is 10. The lowest BCUT2D eigenvalue weighted by molar-refractivity contribution is 0.0516. The number of carbonyl (C=O) groups excluding carboxylic acids is 2. The quantitative estimate of drug-likeness (QED) is 0.202. The normalized spacial score (nSPS) is 11.0. The van der Waals surface area contributed by atoms with Crippen molar-refractivity contribution in [3.05, 3.63) is 66.1 Å². The monoisotopic (exact) mass is 513 g/mol. The van der Waals surface area contributed by atoms with E-state index in [9.17, 15) is 9.59 Å². The number of thioether (sulfide) groups is 1. The summed E-state index contributed by atoms with van der Waals surface area (Å²) in [6.07, 6.45) is 2.58. The molecule has 0 aliphatic carbocycles. The number of amides is 1. The van der Waals surface area contributed by atoms with Gasteiger partial charge in [0.2, 0.25) is 0 Å². The van der Waals surface area contributed by atoms with Crippen molar-refractivity contribution in [2.75, 3.05) is 27.4 Å². The Morgan fingerprint density at radius 2 is 1.83 bits per heavy atom. The molecule has 0 saturated carbocycles. The molecule has 0 bridgehead atoms. The topological polar surface area (TPSA) is 96.2 Å². The first-order valence-electron chi connectivity index (χ1n) is 11.4. The highest BCUT2D eigenvalue weighted by Crippen LogP contribution is 2.39. The van der Waals surface area contributed by atoms with Gasteiger partial charge in [-0.3, -0.25) is 0 Å². The number of hydrogen-bond donors (Lipinski definition) is 1. The van der Waals surface area contributed by atoms with Crippen LogP contribution in [-0.2, 0) is 15.2 Å². The van der Waals surface area contributed by atoms with Crippen LogP contribution in [0, 0.1) is 0 Å². The molecule has 0 spiro atoms. The van der Waals surface area contributed by atoms with Gasteiger partial charge < -0.3 is 28.7 Å². The average Bonchev–Trinajstić information content (AvgIpc) is 3.38. The summed E-state index contributed by atoms with van der Waals surface area (Å²) in [5.41, 5.74) is 1.87. The highest BCUT2D eigenvalue weighted by molar-refractivity contribution is 7.98. The fraction of sp³-hybridized carbons (Fsp3) is 0.333. The van der Waals surface area contributed by atoms with Crippen LogP contribution in [-0.4, -0.2) is 45.0 Å². The second-order valence-corrected chi connectivity index (χ2v) is 9.71. The molecule has 0 aliphatic heterocycles. The minimum absolute atomic E-state index is 0.108. The van der Waals surface area contributed by atoms with Crippen molar-refractivity contribution in [1.82, 2.24) is 5.32 Å². The zero-order chi connectivity index (χ0) is 26.1. The largest absolute Gasteiger partial charge is 0.496 e. The molecule has 8 nitrogen and oxygen atoms in total. The highest BCUT2D eigenvalue weighted by Gasteiger charge is 2.24. The number of para-hydroxylation sites is 1. The lowest BCUT2D eigenvalue weighted by atomic mass is 9.99. The van der Waals surface area contributed by atoms with Gasteiger partial charge in [0.15, 0.2) is 0 Å². The first kappa shape index (κ1) is 27.0. The van der Waals surface area contributed by atoms with E-state index in [0.717, 1.165) is 21.8 Å². The molecule has 0 atom stereocenters. The third-order valence-corrected chi connectivity index (χ3v) is 6.04. The van der Waals surface area contributed by atoms with Gasteiger partial charge >= 0.3 is 12.1 Å². The molecule has 1 aromatic heterocycles. The van der Waals surface area contributed by atoms with E-state index in [1.54, 1.807) is 46.5 Å². The maximum atomic E-state index is 13.0. The average molecular weight is 514 g/mol. The van der Waals surface area contributed by atoms with Crippen LogP contribution in [0.2, 0.25) is 0 Å². The maximum Gasteiger partial charge on any atom is 0.407 e. The van der Waals surface area contributed by atoms with Gasteiger partial charge in [0.05, 0.1) is 33.3 Å². The van der Waals surface area contributed by atoms with Crippen LogP contribution in [0.5, 0.6) is 11.5 Å². The van der Waals surface area contributed by atoms with E-state index >= 15 is 0 Å². The van der Waals surface area contributed by atoms with Gasteiger partial charge in [-0.1, -0.05) is 24.3 Å². The number of furan rings is 1. The Hall–Kier alpha value is -3.59. The van der Waals surface area contributed by atoms with Crippen molar-refractivity contribution in [3.8, 4) is 22.6 Å². The second kappa shape index (κ2) is 12.4. The van der Waals surface area contributed by atoms with Crippen LogP contribution < -0.4 is 14.8 Å². The van der Waals surface area contributed by atoms with Crippen LogP contribution in [0.25, 0.3) is 11.1 Å². The number of methoxy groups -OCH3 is 2. The fourth-order valence-electron chi connectivity index (χ4n) is 3.38. The van der Waals surface area contributed by atoms with Crippen LogP contribution in [0.4, 0.5) is 4.79 Å². The van der Waals surface area contributed by atoms with E-state index in [2.05, 4.69) is 5.32 Å². The predicted molar refractivity (Wildman–Crippen MR) is 138 cm³/mol. The molecule has 0 saturated heterocycles. The van der Waals surface area contributed by atoms with E-state index in [1.807, 2.05) is 36.4 Å². The number of nitrogens with one attached hydrogen (secondary N) is 1. The molecule has 0 aliphatic rings. The number of carbonyl (C=O) groups is 2. The van der Waals surface area contributed by atoms with Crippen molar-refractivity contribution in [2.24, 2.45) is 0 Å². The molecule has 0 fully saturated rings. The van der Waals surface area contributed by atoms with Gasteiger partial charge in [-0.2, -0.15) is 0 Å². The predicted octanol–water partition coefficient (Wildman–Crippen LogP) is 5.94. The molecule has 192 valence electrons. The van der Waals surface area contributed by atoms with E-state index in [1.165, 1.54) is 18.9 Å². The summed E-state index contributed by atoms with van der Waals surface area (Å²) >= 11 is 1.54. The number of hydrogen-bond acceptors (Lipinski definition) is 8. The van der Waals surface area contributed by atoms with Gasteiger partial charge in [-0.25, -0.2) is 9.59 Å². The lowest BCUT2D eigenvalue weighted by Crippen LogP contribution is -2.34. The van der Waals surface area contributed by atoms with Gasteiger partial charge in [0.25, 0.3) is 0 Å². The second-order valence-electron chi connectivity index (χ2n) is 8.70. The van der Waals surface area contributed by atoms with Crippen molar-refractivity contribution < 1.29 is 33.0 Å². The Labute approximate surface area is 215 Å². The van der Waals surface area contributed by atoms with E-state index < -0.39 is 17.7 Å². The molecule has 3 rings (SSSR count). The van der Waals surface area contributed by atoms with Crippen molar-refractivity contribution in [2.45, 2.75) is 37.0 Å². The molecule has 3 aromatic rings. The maximum absolute atomic E-state index is 13.0. The van der Waals surface area contributed by atoms with Crippen molar-refractivity contribution >= 4 is 23.8 Å². The summed E-state index contributed by atoms with van der Waals surface area (Å²) in [5, 5.41) is 2.66. The molecule has 0 radical (unpaired) electrons. The Bertz CT molecular complexity index is 1170. The molecule has 1 N–H and O–H groups in total. The summed E-state index contributed by atoms with van der Waals surface area (Å²) in [6.45, 7) is 5.66. The van der Waals surface area contributed by atoms with Crippen LogP contribution in [0.15, 0.2) is 64.3 Å². The highest BCUT2D eigenvalue weighted by atomic mass is 32.2. The number of benzene rings is 2. The smallest absolute Gasteiger partial charge is 0.407 e. The van der Waals surface area contributed by atoms with Gasteiger partial charge in [-0.15, -0.1) is 11.8 Å². The summed E-state index contributed by atoms with van der Waals surface area (Å²) in [7, 11) is 2.95. The van der Waals surface area contributed by atoms with E-state index in [-0.39, 0.29) is 13.2 Å². The summed E-state index contributed by atoms with van der Waals surface area (Å²) in [4.78, 5) is 25.9. The standard InChI is InChI=1S/C27H31NO7S/c1-27(2,3)35-26(30)28-13-15-34-24-20(18-12-14-33-16-18)11-10-19(23(24)25(29)32-5)17-36-22-9-7-6-8-21(22)31-4/h6-12,14,16H,13,15,17H2,1-5H3,(H,28,30). The van der Waals surface area contributed by atoms with Crippen molar-refractivity contribution in [3.63, 3.8) is 0 Å². The van der Waals surface area contributed by atoms with Gasteiger partial charge in [0, 0.05) is 21.8 Å². The summed E-state index contributed by atoms with van der Waals surface area (Å²) < 4.78 is 27.2. The molecular weight excluding hydrogens is 482 g/mol. The van der Waals surface area contributed by atoms with Gasteiger partial charge in [0.1, 0.15) is 29.3 Å². The molecule has 9 heteroatoms. The molecule has 2 aromatic carbocycles. The minimum Gasteiger partial charge on any atom is -0.496 e. The first-order valence-corrected chi connectivity index (χ1v) is 12.3. The third kappa shape index (κ3) is 7.21. The number of ether oxygens (including phenoxy) is 4. The number of alkyl carbamates (subject to hydrolysis) is 1. The minimum atomic E-state index is -0.606. The molecule has 1 heterocycles. The van der Waals surface area contributed by atoms with Crippen LogP contribution in [0.1, 0.15) is 36.7 Å². The molecule has 36 heavy (non-hydrogen) atoms. The third-order valence-electron chi connectivity index (χ3n) is 4.93. The Kier molecular flexibility index (Phi) is 9.30. The zero-order valence-corrected chi connectivity index (χ0v) is 21.9. The van der Waals surface area contributed by atoms with E-state index in [0.29, 0.717) is 22.6 Å². The SMILES string of the molecule is COC(=O)c1c(CSc2ccccc2OC)ccc(-c2ccoc2)c1OCCNC(=O)OC(C)(C)C. The molecule has 0 unspecified atom stereocenters. The zero-order valence-electron chi connectivity index (χ0n) is 21.1. The molecule has 1 amide bonds. The summed E-state index contributed by atoms with van der Waals surface area (Å²) in [5.74, 6) is 1.06. The Morgan fingerprint density at radius 1 is 1.06 bits per heavy atom. The van der Waals surface area contributed by atoms with Crippen LogP contribution >= 0.6 is 11.8 Å². The lowest BCUT2D eigenvalue weighted by Gasteiger charge is -2.20. The molecular formula is C27H31NO7S. The first-order chi connectivity index (χ1) is 17.2.